The Morgan fingerprint density at radius 3 is 2.74 bits per heavy atom. The Hall–Kier alpha value is -2.09. The molecule has 0 saturated heterocycles. The van der Waals surface area contributed by atoms with E-state index in [1.165, 1.54) is 12.1 Å². The normalized spacial score (nSPS) is 11.9. The third-order valence-electron chi connectivity index (χ3n) is 2.75. The third kappa shape index (κ3) is 4.59. The van der Waals surface area contributed by atoms with Gasteiger partial charge in [-0.2, -0.15) is 5.26 Å². The van der Waals surface area contributed by atoms with Crippen LogP contribution in [0.1, 0.15) is 25.8 Å². The maximum atomic E-state index is 13.0. The van der Waals surface area contributed by atoms with Crippen molar-refractivity contribution in [1.82, 2.24) is 0 Å². The summed E-state index contributed by atoms with van der Waals surface area (Å²) in [7, 11) is 0. The molecule has 1 aromatic carbocycles. The summed E-state index contributed by atoms with van der Waals surface area (Å²) < 4.78 is 13.0. The molecule has 1 atom stereocenters. The number of nitrogens with zero attached hydrogens (tertiary/aromatic N) is 1. The highest BCUT2D eigenvalue weighted by molar-refractivity contribution is 5.71. The van der Waals surface area contributed by atoms with Gasteiger partial charge in [-0.3, -0.25) is 4.79 Å². The van der Waals surface area contributed by atoms with Crippen molar-refractivity contribution in [2.75, 3.05) is 11.9 Å². The van der Waals surface area contributed by atoms with Gasteiger partial charge in [0, 0.05) is 6.54 Å². The van der Waals surface area contributed by atoms with Crippen LogP contribution in [0.25, 0.3) is 0 Å². The summed E-state index contributed by atoms with van der Waals surface area (Å²) in [5.41, 5.74) is 0.632. The van der Waals surface area contributed by atoms with Crippen molar-refractivity contribution >= 4 is 11.7 Å². The van der Waals surface area contributed by atoms with Gasteiger partial charge in [-0.15, -0.1) is 0 Å². The molecule has 0 spiro atoms. The van der Waals surface area contributed by atoms with Gasteiger partial charge in [-0.05, 0) is 30.5 Å². The molecule has 4 nitrogen and oxygen atoms in total. The number of nitrogens with one attached hydrogen (secondary N) is 1. The fourth-order valence-corrected chi connectivity index (χ4v) is 1.84. The van der Waals surface area contributed by atoms with E-state index in [1.54, 1.807) is 0 Å². The van der Waals surface area contributed by atoms with Gasteiger partial charge in [0.15, 0.2) is 0 Å². The standard InChI is InChI=1S/C14H17FN2O2/c1-9(2)5-11(14(18)19)8-17-13-4-3-12(15)6-10(13)7-16/h3-4,6,9,11,17H,5,8H2,1-2H3,(H,18,19). The summed E-state index contributed by atoms with van der Waals surface area (Å²) in [4.78, 5) is 11.1. The summed E-state index contributed by atoms with van der Waals surface area (Å²) in [5.74, 6) is -1.62. The molecule has 0 aromatic heterocycles. The Bertz CT molecular complexity index is 495. The van der Waals surface area contributed by atoms with E-state index in [4.69, 9.17) is 10.4 Å². The van der Waals surface area contributed by atoms with Crippen LogP contribution in [0, 0.1) is 29.0 Å². The second-order valence-electron chi connectivity index (χ2n) is 4.85. The minimum absolute atomic E-state index is 0.175. The molecule has 102 valence electrons. The first-order valence-corrected chi connectivity index (χ1v) is 6.10. The molecule has 0 amide bonds. The predicted molar refractivity (Wildman–Crippen MR) is 70.2 cm³/mol. The van der Waals surface area contributed by atoms with Crippen molar-refractivity contribution in [3.63, 3.8) is 0 Å². The van der Waals surface area contributed by atoms with Crippen LogP contribution < -0.4 is 5.32 Å². The minimum Gasteiger partial charge on any atom is -0.481 e. The van der Waals surface area contributed by atoms with Gasteiger partial charge in [0.25, 0.3) is 0 Å². The predicted octanol–water partition coefficient (Wildman–Crippen LogP) is 2.86. The van der Waals surface area contributed by atoms with Crippen LogP contribution in [0.3, 0.4) is 0 Å². The van der Waals surface area contributed by atoms with E-state index in [1.807, 2.05) is 19.9 Å². The molecular formula is C14H17FN2O2. The molecule has 0 radical (unpaired) electrons. The van der Waals surface area contributed by atoms with Crippen molar-refractivity contribution in [2.45, 2.75) is 20.3 Å². The number of carbonyl (C=O) groups is 1. The molecular weight excluding hydrogens is 247 g/mol. The first kappa shape index (κ1) is 15.0. The largest absolute Gasteiger partial charge is 0.481 e. The van der Waals surface area contributed by atoms with Gasteiger partial charge in [-0.1, -0.05) is 13.8 Å². The van der Waals surface area contributed by atoms with Gasteiger partial charge in [0.1, 0.15) is 11.9 Å². The zero-order chi connectivity index (χ0) is 14.4. The van der Waals surface area contributed by atoms with Gasteiger partial charge in [-0.25, -0.2) is 4.39 Å². The molecule has 0 bridgehead atoms. The zero-order valence-electron chi connectivity index (χ0n) is 11.0. The van der Waals surface area contributed by atoms with Crippen LogP contribution in [0.15, 0.2) is 18.2 Å². The van der Waals surface area contributed by atoms with Crippen molar-refractivity contribution in [3.8, 4) is 6.07 Å². The van der Waals surface area contributed by atoms with Gasteiger partial charge in [0.05, 0.1) is 17.2 Å². The Morgan fingerprint density at radius 2 is 2.21 bits per heavy atom. The highest BCUT2D eigenvalue weighted by Crippen LogP contribution is 2.18. The van der Waals surface area contributed by atoms with E-state index in [0.29, 0.717) is 12.1 Å². The van der Waals surface area contributed by atoms with Crippen LogP contribution in [-0.2, 0) is 4.79 Å². The number of carboxylic acids is 1. The SMILES string of the molecule is CC(C)CC(CNc1ccc(F)cc1C#N)C(=O)O. The van der Waals surface area contributed by atoms with Crippen molar-refractivity contribution in [2.24, 2.45) is 11.8 Å². The van der Waals surface area contributed by atoms with E-state index < -0.39 is 17.7 Å². The first-order valence-electron chi connectivity index (χ1n) is 6.10. The lowest BCUT2D eigenvalue weighted by Gasteiger charge is -2.16. The lowest BCUT2D eigenvalue weighted by atomic mass is 9.97. The van der Waals surface area contributed by atoms with Gasteiger partial charge in [0.2, 0.25) is 0 Å². The highest BCUT2D eigenvalue weighted by Gasteiger charge is 2.19. The average Bonchev–Trinajstić information content (AvgIpc) is 2.34. The molecule has 1 unspecified atom stereocenters. The zero-order valence-corrected chi connectivity index (χ0v) is 11.0. The number of hydrogen-bond donors (Lipinski definition) is 2. The van der Waals surface area contributed by atoms with Crippen LogP contribution >= 0.6 is 0 Å². The Kier molecular flexibility index (Phi) is 5.31. The van der Waals surface area contributed by atoms with E-state index >= 15 is 0 Å². The first-order chi connectivity index (χ1) is 8.93. The fourth-order valence-electron chi connectivity index (χ4n) is 1.84. The molecule has 0 heterocycles. The van der Waals surface area contributed by atoms with Crippen molar-refractivity contribution in [3.05, 3.63) is 29.6 Å². The number of hydrogen-bond acceptors (Lipinski definition) is 3. The Labute approximate surface area is 111 Å². The third-order valence-corrected chi connectivity index (χ3v) is 2.75. The lowest BCUT2D eigenvalue weighted by Crippen LogP contribution is -2.24. The molecule has 0 saturated carbocycles. The molecule has 2 N–H and O–H groups in total. The number of aliphatic carboxylic acids is 1. The van der Waals surface area contributed by atoms with Crippen LogP contribution in [0.2, 0.25) is 0 Å². The number of halogens is 1. The van der Waals surface area contributed by atoms with E-state index in [-0.39, 0.29) is 18.0 Å². The molecule has 1 aromatic rings. The number of benzene rings is 1. The molecule has 1 rings (SSSR count). The number of carboxylic acid groups (broad SMARTS) is 1. The summed E-state index contributed by atoms with van der Waals surface area (Å²) >= 11 is 0. The van der Waals surface area contributed by atoms with Gasteiger partial charge < -0.3 is 10.4 Å². The Balaban J connectivity index is 2.74. The molecule has 0 aliphatic heterocycles. The number of anilines is 1. The molecule has 0 aliphatic carbocycles. The lowest BCUT2D eigenvalue weighted by molar-refractivity contribution is -0.141. The average molecular weight is 264 g/mol. The smallest absolute Gasteiger partial charge is 0.308 e. The molecule has 0 aliphatic rings. The summed E-state index contributed by atoms with van der Waals surface area (Å²) in [5, 5.41) is 20.9. The molecule has 0 fully saturated rings. The second kappa shape index (κ2) is 6.74. The number of rotatable bonds is 6. The summed E-state index contributed by atoms with van der Waals surface area (Å²) in [6.07, 6.45) is 0.547. The molecule has 19 heavy (non-hydrogen) atoms. The van der Waals surface area contributed by atoms with Crippen molar-refractivity contribution < 1.29 is 14.3 Å². The fraction of sp³-hybridized carbons (Fsp3) is 0.429. The Morgan fingerprint density at radius 1 is 1.53 bits per heavy atom. The maximum absolute atomic E-state index is 13.0. The van der Waals surface area contributed by atoms with E-state index in [0.717, 1.165) is 6.07 Å². The second-order valence-corrected chi connectivity index (χ2v) is 4.85. The molecule has 5 heteroatoms. The van der Waals surface area contributed by atoms with Crippen LogP contribution in [-0.4, -0.2) is 17.6 Å². The number of nitriles is 1. The summed E-state index contributed by atoms with van der Waals surface area (Å²) in [6.45, 7) is 4.12. The monoisotopic (exact) mass is 264 g/mol. The highest BCUT2D eigenvalue weighted by atomic mass is 19.1. The maximum Gasteiger partial charge on any atom is 0.308 e. The quantitative estimate of drug-likeness (QED) is 0.828. The van der Waals surface area contributed by atoms with E-state index in [2.05, 4.69) is 5.32 Å². The van der Waals surface area contributed by atoms with Crippen molar-refractivity contribution in [1.29, 1.82) is 5.26 Å². The van der Waals surface area contributed by atoms with E-state index in [9.17, 15) is 9.18 Å². The topological polar surface area (TPSA) is 73.1 Å². The minimum atomic E-state index is -0.873. The van der Waals surface area contributed by atoms with Gasteiger partial charge >= 0.3 is 5.97 Å². The summed E-state index contributed by atoms with van der Waals surface area (Å²) in [6, 6.07) is 5.69. The van der Waals surface area contributed by atoms with Crippen LogP contribution in [0.5, 0.6) is 0 Å². The van der Waals surface area contributed by atoms with Crippen LogP contribution in [0.4, 0.5) is 10.1 Å².